The Morgan fingerprint density at radius 2 is 1.87 bits per heavy atom. The second-order valence-electron chi connectivity index (χ2n) is 7.71. The maximum absolute atomic E-state index is 13.2. The number of anilines is 1. The number of hydrogen-bond donors (Lipinski definition) is 0. The Bertz CT molecular complexity index is 1120. The van der Waals surface area contributed by atoms with Gasteiger partial charge in [0.25, 0.3) is 5.91 Å². The molecule has 7 nitrogen and oxygen atoms in total. The lowest BCUT2D eigenvalue weighted by atomic mass is 10.1. The van der Waals surface area contributed by atoms with Gasteiger partial charge in [-0.05, 0) is 43.5 Å². The van der Waals surface area contributed by atoms with Crippen molar-refractivity contribution < 1.29 is 18.0 Å². The van der Waals surface area contributed by atoms with Crippen LogP contribution >= 0.6 is 11.6 Å². The van der Waals surface area contributed by atoms with Crippen molar-refractivity contribution in [2.24, 2.45) is 0 Å². The van der Waals surface area contributed by atoms with Crippen molar-refractivity contribution in [2.45, 2.75) is 45.3 Å². The average Bonchev–Trinajstić information content (AvgIpc) is 3.38. The maximum atomic E-state index is 13.2. The summed E-state index contributed by atoms with van der Waals surface area (Å²) in [5, 5.41) is 9.06. The lowest BCUT2D eigenvalue weighted by Gasteiger charge is -2.18. The van der Waals surface area contributed by atoms with Gasteiger partial charge in [0.05, 0.1) is 11.4 Å². The summed E-state index contributed by atoms with van der Waals surface area (Å²) in [6, 6.07) is 6.30. The maximum Gasteiger partial charge on any atom is 0.434 e. The van der Waals surface area contributed by atoms with Gasteiger partial charge in [-0.1, -0.05) is 30.7 Å². The van der Waals surface area contributed by atoms with Gasteiger partial charge in [0, 0.05) is 17.8 Å². The van der Waals surface area contributed by atoms with Gasteiger partial charge in [0.15, 0.2) is 11.5 Å². The van der Waals surface area contributed by atoms with E-state index in [1.54, 1.807) is 28.9 Å². The van der Waals surface area contributed by atoms with Crippen LogP contribution in [-0.2, 0) is 11.0 Å². The third-order valence-electron chi connectivity index (χ3n) is 5.28. The van der Waals surface area contributed by atoms with E-state index in [0.29, 0.717) is 23.8 Å². The topological polar surface area (TPSA) is 68.8 Å². The molecule has 0 aliphatic carbocycles. The van der Waals surface area contributed by atoms with Crippen LogP contribution in [0, 0.1) is 6.92 Å². The summed E-state index contributed by atoms with van der Waals surface area (Å²) in [4.78, 5) is 18.3. The third-order valence-corrected chi connectivity index (χ3v) is 5.53. The van der Waals surface area contributed by atoms with E-state index in [-0.39, 0.29) is 17.6 Å². The fraction of sp³-hybridized carbons (Fsp3) is 0.400. The lowest BCUT2D eigenvalue weighted by Crippen LogP contribution is -2.30. The standard InChI is InChI=1S/C20H20ClF3N6O/c1-11(2)17-18(26-27-30(17)14-6-4-13(21)5-7-14)28-9-8-15(19(28)31)29-10-16(20(22,23)24)25-12(29)3/h4-7,10-11,15H,8-9H2,1-3H3/t15-/m1/s1. The molecular weight excluding hydrogens is 433 g/mol. The zero-order chi connectivity index (χ0) is 22.5. The fourth-order valence-electron chi connectivity index (χ4n) is 3.82. The summed E-state index contributed by atoms with van der Waals surface area (Å²) in [7, 11) is 0. The van der Waals surface area contributed by atoms with Crippen LogP contribution in [0.2, 0.25) is 5.02 Å². The number of nitrogens with zero attached hydrogens (tertiary/aromatic N) is 6. The molecular formula is C20H20ClF3N6O. The largest absolute Gasteiger partial charge is 0.434 e. The molecule has 0 bridgehead atoms. The molecule has 0 saturated carbocycles. The van der Waals surface area contributed by atoms with E-state index in [4.69, 9.17) is 11.6 Å². The van der Waals surface area contributed by atoms with Gasteiger partial charge >= 0.3 is 6.18 Å². The number of benzene rings is 1. The van der Waals surface area contributed by atoms with E-state index in [2.05, 4.69) is 15.3 Å². The molecule has 3 aromatic rings. The van der Waals surface area contributed by atoms with E-state index in [9.17, 15) is 18.0 Å². The Morgan fingerprint density at radius 3 is 2.45 bits per heavy atom. The Hall–Kier alpha value is -2.88. The molecule has 0 unspecified atom stereocenters. The van der Waals surface area contributed by atoms with Crippen LogP contribution in [0.25, 0.3) is 5.69 Å². The van der Waals surface area contributed by atoms with Crippen molar-refractivity contribution in [3.05, 3.63) is 52.7 Å². The van der Waals surface area contributed by atoms with E-state index < -0.39 is 17.9 Å². The summed E-state index contributed by atoms with van der Waals surface area (Å²) in [6.45, 7) is 5.70. The molecule has 0 spiro atoms. The molecule has 164 valence electrons. The molecule has 1 aromatic carbocycles. The number of halogens is 4. The van der Waals surface area contributed by atoms with Gasteiger partial charge in [0.1, 0.15) is 11.9 Å². The van der Waals surface area contributed by atoms with E-state index in [1.807, 2.05) is 13.8 Å². The Kier molecular flexibility index (Phi) is 5.28. The highest BCUT2D eigenvalue weighted by Crippen LogP contribution is 2.35. The minimum atomic E-state index is -4.57. The SMILES string of the molecule is Cc1nc(C(F)(F)F)cn1[C@@H]1CCN(c2nnn(-c3ccc(Cl)cc3)c2C(C)C)C1=O. The molecule has 4 rings (SSSR count). The van der Waals surface area contributed by atoms with Crippen LogP contribution in [-0.4, -0.2) is 37.0 Å². The molecule has 1 atom stereocenters. The van der Waals surface area contributed by atoms with Gasteiger partial charge < -0.3 is 4.57 Å². The van der Waals surface area contributed by atoms with Crippen molar-refractivity contribution in [1.29, 1.82) is 0 Å². The summed E-state index contributed by atoms with van der Waals surface area (Å²) in [5.74, 6) is 0.200. The number of aromatic nitrogens is 5. The molecule has 2 aromatic heterocycles. The van der Waals surface area contributed by atoms with Crippen molar-refractivity contribution in [2.75, 3.05) is 11.4 Å². The molecule has 1 fully saturated rings. The van der Waals surface area contributed by atoms with Crippen LogP contribution in [0.4, 0.5) is 19.0 Å². The highest BCUT2D eigenvalue weighted by atomic mass is 35.5. The van der Waals surface area contributed by atoms with Gasteiger partial charge in [-0.3, -0.25) is 9.69 Å². The predicted octanol–water partition coefficient (Wildman–Crippen LogP) is 4.55. The third kappa shape index (κ3) is 3.80. The number of amides is 1. The van der Waals surface area contributed by atoms with Crippen LogP contribution < -0.4 is 4.90 Å². The van der Waals surface area contributed by atoms with E-state index >= 15 is 0 Å². The molecule has 1 saturated heterocycles. The number of aryl methyl sites for hydroxylation is 1. The Balaban J connectivity index is 1.68. The van der Waals surface area contributed by atoms with Gasteiger partial charge in [-0.2, -0.15) is 13.2 Å². The summed E-state index contributed by atoms with van der Waals surface area (Å²) in [6.07, 6.45) is -3.32. The summed E-state index contributed by atoms with van der Waals surface area (Å²) < 4.78 is 42.1. The second-order valence-corrected chi connectivity index (χ2v) is 8.15. The Morgan fingerprint density at radius 1 is 1.19 bits per heavy atom. The normalized spacial score (nSPS) is 17.2. The first-order valence-corrected chi connectivity index (χ1v) is 10.1. The first-order chi connectivity index (χ1) is 14.6. The average molecular weight is 453 g/mol. The number of carbonyl (C=O) groups excluding carboxylic acids is 1. The number of rotatable bonds is 4. The predicted molar refractivity (Wildman–Crippen MR) is 108 cm³/mol. The van der Waals surface area contributed by atoms with Crippen LogP contribution in [0.3, 0.4) is 0 Å². The zero-order valence-corrected chi connectivity index (χ0v) is 17.8. The van der Waals surface area contributed by atoms with Crippen molar-refractivity contribution in [3.8, 4) is 5.69 Å². The van der Waals surface area contributed by atoms with Crippen LogP contribution in [0.15, 0.2) is 30.5 Å². The van der Waals surface area contributed by atoms with E-state index in [0.717, 1.165) is 17.6 Å². The quantitative estimate of drug-likeness (QED) is 0.582. The summed E-state index contributed by atoms with van der Waals surface area (Å²) in [5.41, 5.74) is 0.470. The molecule has 0 N–H and O–H groups in total. The molecule has 1 aliphatic heterocycles. The molecule has 11 heteroatoms. The number of carbonyl (C=O) groups is 1. The highest BCUT2D eigenvalue weighted by Gasteiger charge is 2.40. The zero-order valence-electron chi connectivity index (χ0n) is 17.1. The van der Waals surface area contributed by atoms with Gasteiger partial charge in [0.2, 0.25) is 0 Å². The van der Waals surface area contributed by atoms with Crippen molar-refractivity contribution >= 4 is 23.3 Å². The first kappa shape index (κ1) is 21.4. The first-order valence-electron chi connectivity index (χ1n) is 9.73. The molecule has 1 amide bonds. The molecule has 0 radical (unpaired) electrons. The van der Waals surface area contributed by atoms with Crippen molar-refractivity contribution in [1.82, 2.24) is 24.5 Å². The lowest BCUT2D eigenvalue weighted by molar-refractivity contribution is -0.141. The minimum Gasteiger partial charge on any atom is -0.322 e. The molecule has 31 heavy (non-hydrogen) atoms. The van der Waals surface area contributed by atoms with Gasteiger partial charge in [-0.25, -0.2) is 9.67 Å². The number of alkyl halides is 3. The fourth-order valence-corrected chi connectivity index (χ4v) is 3.95. The van der Waals surface area contributed by atoms with Gasteiger partial charge in [-0.15, -0.1) is 5.10 Å². The number of imidazole rings is 1. The van der Waals surface area contributed by atoms with E-state index in [1.165, 1.54) is 16.4 Å². The summed E-state index contributed by atoms with van der Waals surface area (Å²) >= 11 is 5.97. The monoisotopic (exact) mass is 452 g/mol. The number of hydrogen-bond acceptors (Lipinski definition) is 4. The smallest absolute Gasteiger partial charge is 0.322 e. The van der Waals surface area contributed by atoms with Crippen molar-refractivity contribution in [3.63, 3.8) is 0 Å². The second kappa shape index (κ2) is 7.67. The van der Waals surface area contributed by atoms with Crippen LogP contribution in [0.1, 0.15) is 49.4 Å². The molecule has 1 aliphatic rings. The minimum absolute atomic E-state index is 0.0145. The highest BCUT2D eigenvalue weighted by molar-refractivity contribution is 6.30. The Labute approximate surface area is 181 Å². The van der Waals surface area contributed by atoms with Crippen LogP contribution in [0.5, 0.6) is 0 Å². The molecule has 3 heterocycles.